The molecule has 0 bridgehead atoms. The van der Waals surface area contributed by atoms with E-state index in [1.165, 1.54) is 28.8 Å². The van der Waals surface area contributed by atoms with E-state index in [-0.39, 0.29) is 22.9 Å². The highest BCUT2D eigenvalue weighted by molar-refractivity contribution is 7.99. The Balaban J connectivity index is 1.56. The summed E-state index contributed by atoms with van der Waals surface area (Å²) >= 11 is 1.04. The summed E-state index contributed by atoms with van der Waals surface area (Å²) in [5.41, 5.74) is 1.94. The Hall–Kier alpha value is -3.53. The highest BCUT2D eigenvalue weighted by Gasteiger charge is 2.29. The summed E-state index contributed by atoms with van der Waals surface area (Å²) in [6, 6.07) is 9.95. The highest BCUT2D eigenvalue weighted by atomic mass is 32.2. The Kier molecular flexibility index (Phi) is 6.78. The Labute approximate surface area is 200 Å². The molecule has 8 nitrogen and oxygen atoms in total. The zero-order valence-electron chi connectivity index (χ0n) is 18.9. The van der Waals surface area contributed by atoms with Gasteiger partial charge in [-0.05, 0) is 60.9 Å². The van der Waals surface area contributed by atoms with Crippen LogP contribution in [0.1, 0.15) is 24.1 Å². The lowest BCUT2D eigenvalue weighted by Gasteiger charge is -2.35. The maximum atomic E-state index is 13.3. The van der Waals surface area contributed by atoms with Gasteiger partial charge >= 0.3 is 0 Å². The van der Waals surface area contributed by atoms with Gasteiger partial charge in [-0.15, -0.1) is 0 Å². The van der Waals surface area contributed by atoms with Crippen LogP contribution in [0.3, 0.4) is 0 Å². The molecule has 1 N–H and O–H groups in total. The number of ether oxygens (including phenoxy) is 2. The molecule has 1 aromatic heterocycles. The Morgan fingerprint density at radius 1 is 1.18 bits per heavy atom. The van der Waals surface area contributed by atoms with Gasteiger partial charge in [-0.1, -0.05) is 11.8 Å². The van der Waals surface area contributed by atoms with E-state index in [0.717, 1.165) is 29.0 Å². The largest absolute Gasteiger partial charge is 0.493 e. The van der Waals surface area contributed by atoms with Crippen molar-refractivity contribution in [3.63, 3.8) is 0 Å². The average Bonchev–Trinajstić information content (AvgIpc) is 2.82. The predicted octanol–water partition coefficient (Wildman–Crippen LogP) is 3.33. The van der Waals surface area contributed by atoms with E-state index in [4.69, 9.17) is 9.47 Å². The van der Waals surface area contributed by atoms with Crippen LogP contribution in [-0.4, -0.2) is 52.0 Å². The Bertz CT molecular complexity index is 1280. The molecule has 0 saturated heterocycles. The fourth-order valence-corrected chi connectivity index (χ4v) is 4.97. The van der Waals surface area contributed by atoms with Crippen molar-refractivity contribution in [3.8, 4) is 23.1 Å². The molecule has 34 heavy (non-hydrogen) atoms. The van der Waals surface area contributed by atoms with Crippen molar-refractivity contribution in [3.05, 3.63) is 69.8 Å². The molecular weight excluding hydrogens is 461 g/mol. The van der Waals surface area contributed by atoms with Crippen LogP contribution in [0.5, 0.6) is 17.4 Å². The van der Waals surface area contributed by atoms with Crippen molar-refractivity contribution in [2.45, 2.75) is 24.5 Å². The van der Waals surface area contributed by atoms with Crippen LogP contribution in [0.15, 0.2) is 52.4 Å². The van der Waals surface area contributed by atoms with Crippen molar-refractivity contribution < 1.29 is 23.8 Å². The first-order valence-electron chi connectivity index (χ1n) is 10.6. The molecule has 2 aromatic carbocycles. The lowest BCUT2D eigenvalue weighted by atomic mass is 9.93. The third-order valence-corrected chi connectivity index (χ3v) is 6.71. The zero-order chi connectivity index (χ0) is 24.4. The second-order valence-electron chi connectivity index (χ2n) is 7.75. The van der Waals surface area contributed by atoms with Crippen LogP contribution >= 0.6 is 11.8 Å². The van der Waals surface area contributed by atoms with E-state index in [2.05, 4.69) is 4.98 Å². The summed E-state index contributed by atoms with van der Waals surface area (Å²) in [5.74, 6) is 0.230. The molecule has 10 heteroatoms. The number of nitrogens with zero attached hydrogens (tertiary/aromatic N) is 3. The van der Waals surface area contributed by atoms with Crippen molar-refractivity contribution in [2.24, 2.45) is 0 Å². The number of carbonyl (C=O) groups excluding carboxylic acids is 1. The van der Waals surface area contributed by atoms with Gasteiger partial charge in [0.25, 0.3) is 5.56 Å². The number of amides is 1. The van der Waals surface area contributed by atoms with Gasteiger partial charge in [-0.2, -0.15) is 4.98 Å². The molecule has 1 atom stereocenters. The highest BCUT2D eigenvalue weighted by Crippen LogP contribution is 2.38. The maximum Gasteiger partial charge on any atom is 0.262 e. The molecule has 0 radical (unpaired) electrons. The smallest absolute Gasteiger partial charge is 0.262 e. The number of hydrogen-bond acceptors (Lipinski definition) is 7. The first-order valence-corrected chi connectivity index (χ1v) is 11.6. The number of aromatic hydroxyl groups is 1. The second-order valence-corrected chi connectivity index (χ2v) is 8.70. The molecule has 0 spiro atoms. The van der Waals surface area contributed by atoms with Crippen molar-refractivity contribution in [1.29, 1.82) is 0 Å². The molecule has 4 rings (SSSR count). The molecule has 0 saturated carbocycles. The number of carbonyl (C=O) groups is 1. The molecule has 3 aromatic rings. The molecule has 0 aliphatic carbocycles. The number of halogens is 1. The van der Waals surface area contributed by atoms with E-state index >= 15 is 0 Å². The molecule has 1 aliphatic rings. The Morgan fingerprint density at radius 3 is 2.53 bits per heavy atom. The first-order chi connectivity index (χ1) is 16.3. The summed E-state index contributed by atoms with van der Waals surface area (Å²) < 4.78 is 25.4. The number of methoxy groups -OCH3 is 2. The van der Waals surface area contributed by atoms with Crippen LogP contribution in [0.2, 0.25) is 0 Å². The lowest BCUT2D eigenvalue weighted by Crippen LogP contribution is -2.40. The number of fused-ring (bicyclic) bond motifs is 1. The summed E-state index contributed by atoms with van der Waals surface area (Å²) in [6.07, 6.45) is 0.668. The lowest BCUT2D eigenvalue weighted by molar-refractivity contribution is -0.130. The fourth-order valence-electron chi connectivity index (χ4n) is 4.07. The minimum atomic E-state index is -0.532. The minimum absolute atomic E-state index is 0.00402. The summed E-state index contributed by atoms with van der Waals surface area (Å²) in [5, 5.41) is 9.99. The normalized spacial score (nSPS) is 15.1. The number of rotatable bonds is 6. The standard InChI is InChI=1S/C24H24FN3O5S/c1-14-18-11-20(33-3)19(32-2)10-15(18)8-9-27(14)23(31)13-34-24-26-21(29)12-22(30)28(24)17-6-4-16(25)5-7-17/h4-7,10-12,14,29H,8-9,13H2,1-3H3/t14-/m1/s1. The van der Waals surface area contributed by atoms with Crippen molar-refractivity contribution >= 4 is 17.7 Å². The summed E-state index contributed by atoms with van der Waals surface area (Å²) in [4.78, 5) is 31.5. The van der Waals surface area contributed by atoms with Crippen LogP contribution in [0.25, 0.3) is 5.69 Å². The van der Waals surface area contributed by atoms with E-state index in [0.29, 0.717) is 30.2 Å². The van der Waals surface area contributed by atoms with Crippen LogP contribution in [0.4, 0.5) is 4.39 Å². The maximum absolute atomic E-state index is 13.3. The van der Waals surface area contributed by atoms with Gasteiger partial charge in [-0.25, -0.2) is 4.39 Å². The van der Waals surface area contributed by atoms with Gasteiger partial charge in [0.2, 0.25) is 11.8 Å². The molecule has 178 valence electrons. The molecule has 2 heterocycles. The molecule has 0 unspecified atom stereocenters. The molecular formula is C24H24FN3O5S. The minimum Gasteiger partial charge on any atom is -0.493 e. The first kappa shape index (κ1) is 23.6. The average molecular weight is 486 g/mol. The van der Waals surface area contributed by atoms with Gasteiger partial charge in [0.1, 0.15) is 5.82 Å². The predicted molar refractivity (Wildman–Crippen MR) is 126 cm³/mol. The van der Waals surface area contributed by atoms with Gasteiger partial charge in [-0.3, -0.25) is 14.2 Å². The number of aromatic nitrogens is 2. The van der Waals surface area contributed by atoms with Gasteiger partial charge in [0, 0.05) is 6.54 Å². The quantitative estimate of drug-likeness (QED) is 0.423. The van der Waals surface area contributed by atoms with Crippen LogP contribution in [0, 0.1) is 5.82 Å². The molecule has 0 fully saturated rings. The topological polar surface area (TPSA) is 93.9 Å². The van der Waals surface area contributed by atoms with E-state index in [1.54, 1.807) is 19.1 Å². The summed E-state index contributed by atoms with van der Waals surface area (Å²) in [7, 11) is 3.16. The van der Waals surface area contributed by atoms with Crippen LogP contribution in [-0.2, 0) is 11.2 Å². The van der Waals surface area contributed by atoms with Crippen molar-refractivity contribution in [1.82, 2.24) is 14.5 Å². The Morgan fingerprint density at radius 2 is 1.85 bits per heavy atom. The third-order valence-electron chi connectivity index (χ3n) is 5.79. The summed E-state index contributed by atoms with van der Waals surface area (Å²) in [6.45, 7) is 2.48. The van der Waals surface area contributed by atoms with Gasteiger partial charge < -0.3 is 19.5 Å². The van der Waals surface area contributed by atoms with E-state index in [1.807, 2.05) is 19.1 Å². The number of hydrogen-bond donors (Lipinski definition) is 1. The van der Waals surface area contributed by atoms with E-state index < -0.39 is 17.3 Å². The van der Waals surface area contributed by atoms with Gasteiger partial charge in [0.15, 0.2) is 16.7 Å². The van der Waals surface area contributed by atoms with Crippen molar-refractivity contribution in [2.75, 3.05) is 26.5 Å². The van der Waals surface area contributed by atoms with Crippen LogP contribution < -0.4 is 15.0 Å². The van der Waals surface area contributed by atoms with E-state index in [9.17, 15) is 19.1 Å². The van der Waals surface area contributed by atoms with Gasteiger partial charge in [0.05, 0.1) is 37.8 Å². The monoisotopic (exact) mass is 485 g/mol. The molecule has 1 amide bonds. The number of thioether (sulfide) groups is 1. The second kappa shape index (κ2) is 9.76. The molecule has 1 aliphatic heterocycles. The zero-order valence-corrected chi connectivity index (χ0v) is 19.8. The SMILES string of the molecule is COc1cc2c(cc1OC)[C@@H](C)N(C(=O)CSc1nc(O)cc(=O)n1-c1ccc(F)cc1)CC2. The number of benzene rings is 2. The third kappa shape index (κ3) is 4.58. The fraction of sp³-hybridized carbons (Fsp3) is 0.292.